The van der Waals surface area contributed by atoms with E-state index in [9.17, 15) is 9.18 Å². The topological polar surface area (TPSA) is 74.7 Å². The molecule has 0 unspecified atom stereocenters. The maximum absolute atomic E-state index is 15.0. The minimum absolute atomic E-state index is 0.0371. The number of nitrogens with two attached hydrogens (primary N) is 1. The molecule has 5 nitrogen and oxygen atoms in total. The monoisotopic (exact) mass is 451 g/mol. The molecule has 33 heavy (non-hydrogen) atoms. The minimum atomic E-state index is -0.550. The summed E-state index contributed by atoms with van der Waals surface area (Å²) in [5.41, 5.74) is 8.20. The molecule has 0 atom stereocenters. The Bertz CT molecular complexity index is 1300. The van der Waals surface area contributed by atoms with Gasteiger partial charge in [-0.05, 0) is 30.7 Å². The van der Waals surface area contributed by atoms with Gasteiger partial charge in [0.15, 0.2) is 5.82 Å². The van der Waals surface area contributed by atoms with Crippen LogP contribution in [0.2, 0.25) is 0 Å². The van der Waals surface area contributed by atoms with Crippen molar-refractivity contribution < 1.29 is 27.5 Å². The van der Waals surface area contributed by atoms with Crippen LogP contribution in [0.3, 0.4) is 0 Å². The van der Waals surface area contributed by atoms with E-state index in [-0.39, 0.29) is 42.1 Å². The van der Waals surface area contributed by atoms with E-state index >= 15 is 4.39 Å². The van der Waals surface area contributed by atoms with E-state index in [1.807, 2.05) is 0 Å². The van der Waals surface area contributed by atoms with Crippen LogP contribution in [0.15, 0.2) is 65.3 Å². The molecule has 3 aromatic carbocycles. The van der Waals surface area contributed by atoms with Gasteiger partial charge in [0.2, 0.25) is 0 Å². The molecular formula is C26H23F2NO4. The Hall–Kier alpha value is -3.71. The van der Waals surface area contributed by atoms with Crippen LogP contribution in [-0.4, -0.2) is 12.6 Å². The highest BCUT2D eigenvalue weighted by molar-refractivity contribution is 5.93. The molecule has 0 saturated carbocycles. The fourth-order valence-corrected chi connectivity index (χ4v) is 3.72. The lowest BCUT2D eigenvalue weighted by Crippen LogP contribution is -2.09. The molecule has 0 saturated heterocycles. The second-order valence-electron chi connectivity index (χ2n) is 7.46. The summed E-state index contributed by atoms with van der Waals surface area (Å²) in [5, 5.41) is 0.225. The number of benzene rings is 3. The van der Waals surface area contributed by atoms with Crippen molar-refractivity contribution in [2.45, 2.75) is 26.5 Å². The molecule has 1 aromatic heterocycles. The van der Waals surface area contributed by atoms with Crippen molar-refractivity contribution in [1.82, 2.24) is 0 Å². The third-order valence-corrected chi connectivity index (χ3v) is 5.28. The maximum Gasteiger partial charge on any atom is 0.310 e. The molecule has 0 aliphatic rings. The molecule has 0 amide bonds. The SMILES string of the molecule is CCOC(=O)Cc1ccccc1OCc1cc(-c2cccc(CN)c2F)c2occ(F)c2c1. The first-order chi connectivity index (χ1) is 16.0. The van der Waals surface area contributed by atoms with E-state index in [4.69, 9.17) is 19.6 Å². The zero-order chi connectivity index (χ0) is 23.4. The van der Waals surface area contributed by atoms with Gasteiger partial charge >= 0.3 is 5.97 Å². The Morgan fingerprint density at radius 3 is 2.61 bits per heavy atom. The molecule has 0 fully saturated rings. The maximum atomic E-state index is 15.0. The molecule has 0 aliphatic carbocycles. The summed E-state index contributed by atoms with van der Waals surface area (Å²) < 4.78 is 45.8. The lowest BCUT2D eigenvalue weighted by atomic mass is 9.98. The molecule has 4 aromatic rings. The summed E-state index contributed by atoms with van der Waals surface area (Å²) >= 11 is 0. The van der Waals surface area contributed by atoms with Gasteiger partial charge in [-0.25, -0.2) is 8.78 Å². The molecule has 0 radical (unpaired) electrons. The number of fused-ring (bicyclic) bond motifs is 1. The number of carbonyl (C=O) groups excluding carboxylic acids is 1. The van der Waals surface area contributed by atoms with Crippen LogP contribution in [0, 0.1) is 11.6 Å². The second kappa shape index (κ2) is 9.83. The second-order valence-corrected chi connectivity index (χ2v) is 7.46. The Morgan fingerprint density at radius 1 is 1.03 bits per heavy atom. The van der Waals surface area contributed by atoms with Crippen LogP contribution < -0.4 is 10.5 Å². The Labute approximate surface area is 189 Å². The highest BCUT2D eigenvalue weighted by Gasteiger charge is 2.18. The molecule has 7 heteroatoms. The number of hydrogen-bond donors (Lipinski definition) is 1. The molecule has 2 N–H and O–H groups in total. The van der Waals surface area contributed by atoms with E-state index in [2.05, 4.69) is 0 Å². The predicted octanol–water partition coefficient (Wildman–Crippen LogP) is 5.52. The number of ether oxygens (including phenoxy) is 2. The van der Waals surface area contributed by atoms with Crippen molar-refractivity contribution in [1.29, 1.82) is 0 Å². The Balaban J connectivity index is 1.68. The fraction of sp³-hybridized carbons (Fsp3) is 0.192. The lowest BCUT2D eigenvalue weighted by molar-refractivity contribution is -0.142. The van der Waals surface area contributed by atoms with Crippen molar-refractivity contribution in [2.24, 2.45) is 5.73 Å². The highest BCUT2D eigenvalue weighted by Crippen LogP contribution is 2.35. The molecule has 1 heterocycles. The van der Waals surface area contributed by atoms with Gasteiger partial charge in [-0.2, -0.15) is 0 Å². The summed E-state index contributed by atoms with van der Waals surface area (Å²) in [7, 11) is 0. The number of rotatable bonds is 8. The van der Waals surface area contributed by atoms with Crippen LogP contribution in [0.25, 0.3) is 22.1 Å². The minimum Gasteiger partial charge on any atom is -0.489 e. The van der Waals surface area contributed by atoms with Crippen molar-refractivity contribution in [2.75, 3.05) is 6.61 Å². The highest BCUT2D eigenvalue weighted by atomic mass is 19.1. The number of carbonyl (C=O) groups is 1. The van der Waals surface area contributed by atoms with Crippen molar-refractivity contribution in [3.8, 4) is 16.9 Å². The van der Waals surface area contributed by atoms with Crippen LogP contribution in [-0.2, 0) is 29.1 Å². The van der Waals surface area contributed by atoms with Crippen LogP contribution >= 0.6 is 0 Å². The van der Waals surface area contributed by atoms with Crippen molar-refractivity contribution in [3.63, 3.8) is 0 Å². The van der Waals surface area contributed by atoms with Crippen molar-refractivity contribution >= 4 is 16.9 Å². The first-order valence-electron chi connectivity index (χ1n) is 10.6. The first kappa shape index (κ1) is 22.5. The summed E-state index contributed by atoms with van der Waals surface area (Å²) in [6.07, 6.45) is 1.07. The molecule has 4 rings (SSSR count). The quantitative estimate of drug-likeness (QED) is 0.357. The summed E-state index contributed by atoms with van der Waals surface area (Å²) in [5.74, 6) is -0.869. The zero-order valence-corrected chi connectivity index (χ0v) is 18.1. The van der Waals surface area contributed by atoms with Gasteiger partial charge < -0.3 is 19.6 Å². The summed E-state index contributed by atoms with van der Waals surface area (Å²) in [4.78, 5) is 11.9. The largest absolute Gasteiger partial charge is 0.489 e. The van der Waals surface area contributed by atoms with Gasteiger partial charge in [-0.1, -0.05) is 36.4 Å². The van der Waals surface area contributed by atoms with Gasteiger partial charge in [-0.3, -0.25) is 4.79 Å². The van der Waals surface area contributed by atoms with Gasteiger partial charge in [-0.15, -0.1) is 0 Å². The zero-order valence-electron chi connectivity index (χ0n) is 18.1. The first-order valence-corrected chi connectivity index (χ1v) is 10.6. The van der Waals surface area contributed by atoms with Gasteiger partial charge in [0.05, 0.1) is 18.4 Å². The number of hydrogen-bond acceptors (Lipinski definition) is 5. The van der Waals surface area contributed by atoms with Crippen molar-refractivity contribution in [3.05, 3.63) is 89.2 Å². The van der Waals surface area contributed by atoms with Crippen LogP contribution in [0.1, 0.15) is 23.6 Å². The Morgan fingerprint density at radius 2 is 1.82 bits per heavy atom. The van der Waals surface area contributed by atoms with E-state index < -0.39 is 11.6 Å². The number of furan rings is 1. The fourth-order valence-electron chi connectivity index (χ4n) is 3.72. The van der Waals surface area contributed by atoms with Crippen LogP contribution in [0.4, 0.5) is 8.78 Å². The number of para-hydroxylation sites is 1. The molecular weight excluding hydrogens is 428 g/mol. The Kier molecular flexibility index (Phi) is 6.70. The van der Waals surface area contributed by atoms with Gasteiger partial charge in [0.25, 0.3) is 0 Å². The normalized spacial score (nSPS) is 11.0. The van der Waals surface area contributed by atoms with E-state index in [1.54, 1.807) is 61.5 Å². The molecule has 0 aliphatic heterocycles. The van der Waals surface area contributed by atoms with Gasteiger partial charge in [0, 0.05) is 28.8 Å². The van der Waals surface area contributed by atoms with E-state index in [0.29, 0.717) is 34.6 Å². The number of esters is 1. The molecule has 0 spiro atoms. The smallest absolute Gasteiger partial charge is 0.310 e. The average molecular weight is 451 g/mol. The van der Waals surface area contributed by atoms with Gasteiger partial charge in [0.1, 0.15) is 30.0 Å². The molecule has 170 valence electrons. The third kappa shape index (κ3) is 4.73. The predicted molar refractivity (Wildman–Crippen MR) is 121 cm³/mol. The number of halogens is 2. The van der Waals surface area contributed by atoms with E-state index in [1.165, 1.54) is 0 Å². The lowest BCUT2D eigenvalue weighted by Gasteiger charge is -2.13. The molecule has 0 bridgehead atoms. The standard InChI is InChI=1S/C26H23F2NO4/c1-2-31-24(30)12-17-6-3-4-9-23(17)32-14-16-10-20(26-21(11-16)22(27)15-33-26)19-8-5-7-18(13-29)25(19)28/h3-11,15H,2,12-14,29H2,1H3. The van der Waals surface area contributed by atoms with Crippen LogP contribution in [0.5, 0.6) is 5.75 Å². The van der Waals surface area contributed by atoms with E-state index in [0.717, 1.165) is 6.26 Å². The summed E-state index contributed by atoms with van der Waals surface area (Å²) in [6, 6.07) is 15.3. The third-order valence-electron chi connectivity index (χ3n) is 5.28. The summed E-state index contributed by atoms with van der Waals surface area (Å²) in [6.45, 7) is 2.15. The average Bonchev–Trinajstić information content (AvgIpc) is 3.19.